The van der Waals surface area contributed by atoms with E-state index in [1.165, 1.54) is 0 Å². The summed E-state index contributed by atoms with van der Waals surface area (Å²) in [5, 5.41) is 12.0. The zero-order valence-electron chi connectivity index (χ0n) is 10.3. The molecule has 0 radical (unpaired) electrons. The molecule has 15 heavy (non-hydrogen) atoms. The highest BCUT2D eigenvalue weighted by atomic mass is 16.4. The van der Waals surface area contributed by atoms with Crippen LogP contribution in [0.25, 0.3) is 0 Å². The molecule has 2 N–H and O–H groups in total. The van der Waals surface area contributed by atoms with Gasteiger partial charge in [-0.2, -0.15) is 0 Å². The third-order valence-corrected chi connectivity index (χ3v) is 2.64. The first-order chi connectivity index (χ1) is 7.00. The van der Waals surface area contributed by atoms with Crippen LogP contribution in [0, 0.1) is 0 Å². The Morgan fingerprint density at radius 2 is 1.80 bits per heavy atom. The summed E-state index contributed by atoms with van der Waals surface area (Å²) in [6, 6.07) is 0. The second kappa shape index (κ2) is 6.80. The summed E-state index contributed by atoms with van der Waals surface area (Å²) in [4.78, 5) is 13.3. The van der Waals surface area contributed by atoms with Crippen molar-refractivity contribution in [1.82, 2.24) is 10.2 Å². The van der Waals surface area contributed by atoms with Crippen LogP contribution in [0.15, 0.2) is 0 Å². The van der Waals surface area contributed by atoms with E-state index in [0.717, 1.165) is 25.9 Å². The number of carboxylic acid groups (broad SMARTS) is 1. The molecule has 0 aromatic heterocycles. The second-order valence-electron chi connectivity index (χ2n) is 4.16. The van der Waals surface area contributed by atoms with E-state index in [-0.39, 0.29) is 0 Å². The summed E-state index contributed by atoms with van der Waals surface area (Å²) in [6.45, 7) is 8.42. The van der Waals surface area contributed by atoms with Crippen LogP contribution in [0.1, 0.15) is 33.6 Å². The number of carbonyl (C=O) groups is 1. The summed E-state index contributed by atoms with van der Waals surface area (Å²) in [7, 11) is 1.70. The maximum absolute atomic E-state index is 11.1. The summed E-state index contributed by atoms with van der Waals surface area (Å²) >= 11 is 0. The average molecular weight is 216 g/mol. The topological polar surface area (TPSA) is 52.6 Å². The summed E-state index contributed by atoms with van der Waals surface area (Å²) in [5.41, 5.74) is -0.843. The van der Waals surface area contributed by atoms with Crippen molar-refractivity contribution in [1.29, 1.82) is 0 Å². The summed E-state index contributed by atoms with van der Waals surface area (Å²) in [5.74, 6) is -0.790. The third kappa shape index (κ3) is 4.62. The minimum atomic E-state index is -0.843. The molecule has 0 fully saturated rings. The molecule has 0 bridgehead atoms. The van der Waals surface area contributed by atoms with Gasteiger partial charge < -0.3 is 15.3 Å². The molecule has 0 aromatic rings. The van der Waals surface area contributed by atoms with Crippen molar-refractivity contribution in [3.63, 3.8) is 0 Å². The van der Waals surface area contributed by atoms with E-state index in [1.54, 1.807) is 14.0 Å². The molecule has 1 unspecified atom stereocenters. The van der Waals surface area contributed by atoms with Gasteiger partial charge in [-0.1, -0.05) is 13.8 Å². The van der Waals surface area contributed by atoms with Gasteiger partial charge in [-0.15, -0.1) is 0 Å². The molecule has 1 atom stereocenters. The number of nitrogens with one attached hydrogen (secondary N) is 1. The molecule has 0 aliphatic carbocycles. The van der Waals surface area contributed by atoms with Crippen LogP contribution in [0.3, 0.4) is 0 Å². The molecule has 0 aliphatic rings. The van der Waals surface area contributed by atoms with Gasteiger partial charge in [0, 0.05) is 6.54 Å². The maximum atomic E-state index is 11.1. The second-order valence-corrected chi connectivity index (χ2v) is 4.16. The Morgan fingerprint density at radius 3 is 2.07 bits per heavy atom. The third-order valence-electron chi connectivity index (χ3n) is 2.64. The van der Waals surface area contributed by atoms with E-state index in [0.29, 0.717) is 6.54 Å². The normalized spacial score (nSPS) is 15.3. The zero-order valence-corrected chi connectivity index (χ0v) is 10.3. The predicted molar refractivity (Wildman–Crippen MR) is 62.1 cm³/mol. The Balaban J connectivity index is 4.39. The van der Waals surface area contributed by atoms with Crippen molar-refractivity contribution in [3.8, 4) is 0 Å². The van der Waals surface area contributed by atoms with E-state index in [1.807, 2.05) is 0 Å². The van der Waals surface area contributed by atoms with Crippen molar-refractivity contribution in [2.45, 2.75) is 39.2 Å². The predicted octanol–water partition coefficient (Wildman–Crippen LogP) is 1.17. The first-order valence-electron chi connectivity index (χ1n) is 5.64. The van der Waals surface area contributed by atoms with Crippen LogP contribution in [-0.4, -0.2) is 48.2 Å². The summed E-state index contributed by atoms with van der Waals surface area (Å²) < 4.78 is 0. The number of hydrogen-bond donors (Lipinski definition) is 2. The smallest absolute Gasteiger partial charge is 0.324 e. The van der Waals surface area contributed by atoms with Gasteiger partial charge in [0.2, 0.25) is 0 Å². The minimum absolute atomic E-state index is 0.556. The van der Waals surface area contributed by atoms with Gasteiger partial charge in [0.15, 0.2) is 0 Å². The molecule has 4 heteroatoms. The van der Waals surface area contributed by atoms with Gasteiger partial charge in [0.05, 0.1) is 0 Å². The first kappa shape index (κ1) is 14.4. The van der Waals surface area contributed by atoms with Crippen molar-refractivity contribution in [2.75, 3.05) is 26.7 Å². The van der Waals surface area contributed by atoms with Gasteiger partial charge in [0.25, 0.3) is 0 Å². The minimum Gasteiger partial charge on any atom is -0.480 e. The Bertz CT molecular complexity index is 191. The van der Waals surface area contributed by atoms with E-state index < -0.39 is 11.5 Å². The number of aliphatic carboxylic acids is 1. The fourth-order valence-corrected chi connectivity index (χ4v) is 1.60. The van der Waals surface area contributed by atoms with E-state index in [9.17, 15) is 4.79 Å². The highest BCUT2D eigenvalue weighted by Gasteiger charge is 2.32. The lowest BCUT2D eigenvalue weighted by Crippen LogP contribution is -2.55. The molecule has 90 valence electrons. The van der Waals surface area contributed by atoms with Gasteiger partial charge >= 0.3 is 5.97 Å². The molecule has 0 rings (SSSR count). The Labute approximate surface area is 92.7 Å². The van der Waals surface area contributed by atoms with Crippen LogP contribution in [0.5, 0.6) is 0 Å². The van der Waals surface area contributed by atoms with Crippen LogP contribution < -0.4 is 5.32 Å². The van der Waals surface area contributed by atoms with Crippen LogP contribution >= 0.6 is 0 Å². The van der Waals surface area contributed by atoms with Gasteiger partial charge in [-0.05, 0) is 39.9 Å². The fourth-order valence-electron chi connectivity index (χ4n) is 1.60. The lowest BCUT2D eigenvalue weighted by molar-refractivity contribution is -0.144. The zero-order chi connectivity index (χ0) is 11.9. The van der Waals surface area contributed by atoms with E-state index in [4.69, 9.17) is 5.11 Å². The maximum Gasteiger partial charge on any atom is 0.324 e. The summed E-state index contributed by atoms with van der Waals surface area (Å²) in [6.07, 6.45) is 2.11. The lowest BCUT2D eigenvalue weighted by atomic mass is 10.0. The van der Waals surface area contributed by atoms with Gasteiger partial charge in [-0.25, -0.2) is 0 Å². The van der Waals surface area contributed by atoms with Crippen molar-refractivity contribution >= 4 is 5.97 Å². The highest BCUT2D eigenvalue weighted by molar-refractivity contribution is 5.78. The van der Waals surface area contributed by atoms with E-state index in [2.05, 4.69) is 24.1 Å². The largest absolute Gasteiger partial charge is 0.480 e. The van der Waals surface area contributed by atoms with Crippen LogP contribution in [0.2, 0.25) is 0 Å². The SMILES string of the molecule is CCCN(CCC)CC(C)(NC)C(=O)O. The van der Waals surface area contributed by atoms with E-state index >= 15 is 0 Å². The molecule has 0 aliphatic heterocycles. The number of hydrogen-bond acceptors (Lipinski definition) is 3. The monoisotopic (exact) mass is 216 g/mol. The molecule has 0 saturated carbocycles. The highest BCUT2D eigenvalue weighted by Crippen LogP contribution is 2.08. The Hall–Kier alpha value is -0.610. The van der Waals surface area contributed by atoms with Crippen molar-refractivity contribution in [2.24, 2.45) is 0 Å². The molecule has 0 aromatic carbocycles. The molecule has 4 nitrogen and oxygen atoms in total. The molecular weight excluding hydrogens is 192 g/mol. The Morgan fingerprint density at radius 1 is 1.33 bits per heavy atom. The van der Waals surface area contributed by atoms with Crippen molar-refractivity contribution < 1.29 is 9.90 Å². The number of likely N-dealkylation sites (N-methyl/N-ethyl adjacent to an activating group) is 1. The molecule has 0 amide bonds. The number of carboxylic acids is 1. The van der Waals surface area contributed by atoms with Crippen LogP contribution in [-0.2, 0) is 4.79 Å². The molecular formula is C11H24N2O2. The fraction of sp³-hybridized carbons (Fsp3) is 0.909. The quantitative estimate of drug-likeness (QED) is 0.639. The molecule has 0 spiro atoms. The lowest BCUT2D eigenvalue weighted by Gasteiger charge is -2.31. The van der Waals surface area contributed by atoms with Crippen LogP contribution in [0.4, 0.5) is 0 Å². The Kier molecular flexibility index (Phi) is 6.52. The van der Waals surface area contributed by atoms with Gasteiger partial charge in [0.1, 0.15) is 5.54 Å². The van der Waals surface area contributed by atoms with Crippen molar-refractivity contribution in [3.05, 3.63) is 0 Å². The number of rotatable bonds is 8. The standard InChI is InChI=1S/C11H24N2O2/c1-5-7-13(8-6-2)9-11(3,12-4)10(14)15/h12H,5-9H2,1-4H3,(H,14,15). The van der Waals surface area contributed by atoms with Gasteiger partial charge in [-0.3, -0.25) is 4.79 Å². The molecule has 0 heterocycles. The average Bonchev–Trinajstić information content (AvgIpc) is 2.18. The molecule has 0 saturated heterocycles. The number of nitrogens with zero attached hydrogens (tertiary/aromatic N) is 1. The first-order valence-corrected chi connectivity index (χ1v) is 5.64.